The largest absolute Gasteiger partial charge is 0.494 e. The fourth-order valence-corrected chi connectivity index (χ4v) is 1.76. The summed E-state index contributed by atoms with van der Waals surface area (Å²) in [7, 11) is 0. The van der Waals surface area contributed by atoms with E-state index in [0.29, 0.717) is 24.7 Å². The second-order valence-electron chi connectivity index (χ2n) is 4.31. The van der Waals surface area contributed by atoms with Crippen molar-refractivity contribution in [2.45, 2.75) is 26.2 Å². The molecule has 4 nitrogen and oxygen atoms in total. The number of carbonyl (C=O) groups is 1. The van der Waals surface area contributed by atoms with E-state index in [0.717, 1.165) is 31.7 Å². The van der Waals surface area contributed by atoms with Gasteiger partial charge in [-0.15, -0.1) is 0 Å². The summed E-state index contributed by atoms with van der Waals surface area (Å²) in [5.74, 6) is 0.706. The summed E-state index contributed by atoms with van der Waals surface area (Å²) in [5.41, 5.74) is 0. The average molecular weight is 300 g/mol. The maximum absolute atomic E-state index is 11.1. The van der Waals surface area contributed by atoms with Crippen molar-refractivity contribution < 1.29 is 14.3 Å². The van der Waals surface area contributed by atoms with Crippen molar-refractivity contribution in [2.75, 3.05) is 26.3 Å². The van der Waals surface area contributed by atoms with Crippen LogP contribution < -0.4 is 10.1 Å². The Bertz CT molecular complexity index is 381. The molecule has 20 heavy (non-hydrogen) atoms. The van der Waals surface area contributed by atoms with Crippen LogP contribution in [0.4, 0.5) is 0 Å². The Morgan fingerprint density at radius 1 is 1.20 bits per heavy atom. The Morgan fingerprint density at radius 2 is 1.90 bits per heavy atom. The summed E-state index contributed by atoms with van der Waals surface area (Å²) in [5, 5.41) is 3.98. The van der Waals surface area contributed by atoms with Gasteiger partial charge in [0.1, 0.15) is 5.75 Å². The Kier molecular flexibility index (Phi) is 8.83. The molecule has 0 saturated heterocycles. The molecule has 0 aliphatic rings. The number of hydrogen-bond acceptors (Lipinski definition) is 4. The van der Waals surface area contributed by atoms with Gasteiger partial charge in [-0.25, -0.2) is 0 Å². The normalized spacial score (nSPS) is 10.3. The minimum absolute atomic E-state index is 0.125. The SMILES string of the molecule is CCOC(=O)CCCNCCCOc1ccc(Cl)cc1. The van der Waals surface area contributed by atoms with E-state index in [2.05, 4.69) is 5.32 Å². The number of rotatable bonds is 10. The Balaban J connectivity index is 1.92. The molecule has 1 N–H and O–H groups in total. The quantitative estimate of drug-likeness (QED) is 0.533. The van der Waals surface area contributed by atoms with Crippen LogP contribution in [0, 0.1) is 0 Å². The van der Waals surface area contributed by atoms with Crippen molar-refractivity contribution in [1.82, 2.24) is 5.32 Å². The van der Waals surface area contributed by atoms with E-state index in [9.17, 15) is 4.79 Å². The molecule has 0 heterocycles. The first-order valence-corrected chi connectivity index (χ1v) is 7.35. The zero-order valence-corrected chi connectivity index (χ0v) is 12.6. The minimum atomic E-state index is -0.125. The van der Waals surface area contributed by atoms with Gasteiger partial charge in [0.25, 0.3) is 0 Å². The maximum atomic E-state index is 11.1. The second kappa shape index (κ2) is 10.5. The summed E-state index contributed by atoms with van der Waals surface area (Å²) in [6.45, 7) is 4.62. The van der Waals surface area contributed by atoms with E-state index in [4.69, 9.17) is 21.1 Å². The summed E-state index contributed by atoms with van der Waals surface area (Å²) in [6, 6.07) is 7.33. The lowest BCUT2D eigenvalue weighted by molar-refractivity contribution is -0.143. The highest BCUT2D eigenvalue weighted by Gasteiger charge is 2.00. The van der Waals surface area contributed by atoms with Gasteiger partial charge in [-0.05, 0) is 57.1 Å². The third kappa shape index (κ3) is 8.02. The predicted octanol–water partition coefficient (Wildman–Crippen LogP) is 3.04. The number of carbonyl (C=O) groups excluding carboxylic acids is 1. The Labute approximate surface area is 125 Å². The molecule has 1 aromatic rings. The van der Waals surface area contributed by atoms with Gasteiger partial charge in [0.15, 0.2) is 0 Å². The molecule has 112 valence electrons. The van der Waals surface area contributed by atoms with Gasteiger partial charge in [-0.2, -0.15) is 0 Å². The monoisotopic (exact) mass is 299 g/mol. The maximum Gasteiger partial charge on any atom is 0.305 e. The summed E-state index contributed by atoms with van der Waals surface area (Å²) in [4.78, 5) is 11.1. The molecule has 0 spiro atoms. The van der Waals surface area contributed by atoms with Crippen LogP contribution in [0.3, 0.4) is 0 Å². The number of hydrogen-bond donors (Lipinski definition) is 1. The molecule has 5 heteroatoms. The summed E-state index contributed by atoms with van der Waals surface area (Å²) in [6.07, 6.45) is 2.20. The molecular weight excluding hydrogens is 278 g/mol. The van der Waals surface area contributed by atoms with Gasteiger partial charge in [0, 0.05) is 11.4 Å². The van der Waals surface area contributed by atoms with E-state index < -0.39 is 0 Å². The van der Waals surface area contributed by atoms with Crippen LogP contribution in [0.25, 0.3) is 0 Å². The smallest absolute Gasteiger partial charge is 0.305 e. The minimum Gasteiger partial charge on any atom is -0.494 e. The van der Waals surface area contributed by atoms with Crippen LogP contribution in [0.15, 0.2) is 24.3 Å². The number of esters is 1. The zero-order valence-electron chi connectivity index (χ0n) is 11.9. The van der Waals surface area contributed by atoms with Crippen molar-refractivity contribution in [3.8, 4) is 5.75 Å². The highest BCUT2D eigenvalue weighted by atomic mass is 35.5. The second-order valence-corrected chi connectivity index (χ2v) is 4.75. The summed E-state index contributed by atoms with van der Waals surface area (Å²) < 4.78 is 10.4. The molecule has 0 aliphatic carbocycles. The highest BCUT2D eigenvalue weighted by Crippen LogP contribution is 2.15. The van der Waals surface area contributed by atoms with Crippen LogP contribution in [0.1, 0.15) is 26.2 Å². The molecule has 0 aliphatic heterocycles. The molecule has 0 unspecified atom stereocenters. The van der Waals surface area contributed by atoms with Crippen molar-refractivity contribution in [3.63, 3.8) is 0 Å². The number of ether oxygens (including phenoxy) is 2. The first-order chi connectivity index (χ1) is 9.72. The fraction of sp³-hybridized carbons (Fsp3) is 0.533. The van der Waals surface area contributed by atoms with Crippen molar-refractivity contribution in [3.05, 3.63) is 29.3 Å². The van der Waals surface area contributed by atoms with Crippen LogP contribution >= 0.6 is 11.6 Å². The average Bonchev–Trinajstić information content (AvgIpc) is 2.44. The molecule has 0 aromatic heterocycles. The van der Waals surface area contributed by atoms with Gasteiger partial charge < -0.3 is 14.8 Å². The third-order valence-electron chi connectivity index (χ3n) is 2.62. The number of benzene rings is 1. The molecule has 0 saturated carbocycles. The predicted molar refractivity (Wildman–Crippen MR) is 80.3 cm³/mol. The lowest BCUT2D eigenvalue weighted by atomic mass is 10.3. The number of halogens is 1. The molecule has 1 rings (SSSR count). The Morgan fingerprint density at radius 3 is 2.60 bits per heavy atom. The first kappa shape index (κ1) is 16.8. The van der Waals surface area contributed by atoms with Crippen LogP contribution in [0.2, 0.25) is 5.02 Å². The molecule has 0 radical (unpaired) electrons. The van der Waals surface area contributed by atoms with E-state index in [1.54, 1.807) is 0 Å². The van der Waals surface area contributed by atoms with Crippen molar-refractivity contribution in [2.24, 2.45) is 0 Å². The topological polar surface area (TPSA) is 47.6 Å². The van der Waals surface area contributed by atoms with Gasteiger partial charge in [0.2, 0.25) is 0 Å². The molecule has 0 atom stereocenters. The van der Waals surface area contributed by atoms with E-state index in [-0.39, 0.29) is 5.97 Å². The van der Waals surface area contributed by atoms with E-state index in [1.807, 2.05) is 31.2 Å². The van der Waals surface area contributed by atoms with E-state index in [1.165, 1.54) is 0 Å². The third-order valence-corrected chi connectivity index (χ3v) is 2.87. The lowest BCUT2D eigenvalue weighted by Gasteiger charge is -2.07. The molecule has 1 aromatic carbocycles. The molecule has 0 bridgehead atoms. The summed E-state index contributed by atoms with van der Waals surface area (Å²) >= 11 is 5.79. The van der Waals surface area contributed by atoms with Gasteiger partial charge >= 0.3 is 5.97 Å². The highest BCUT2D eigenvalue weighted by molar-refractivity contribution is 6.30. The molecule has 0 fully saturated rings. The van der Waals surface area contributed by atoms with Crippen LogP contribution in [-0.4, -0.2) is 32.3 Å². The van der Waals surface area contributed by atoms with Crippen molar-refractivity contribution in [1.29, 1.82) is 0 Å². The first-order valence-electron chi connectivity index (χ1n) is 6.97. The molecular formula is C15H22ClNO3. The van der Waals surface area contributed by atoms with E-state index >= 15 is 0 Å². The van der Waals surface area contributed by atoms with Gasteiger partial charge in [-0.1, -0.05) is 11.6 Å². The zero-order chi connectivity index (χ0) is 14.6. The van der Waals surface area contributed by atoms with Crippen LogP contribution in [-0.2, 0) is 9.53 Å². The standard InChI is InChI=1S/C15H22ClNO3/c1-2-19-15(18)5-3-10-17-11-4-12-20-14-8-6-13(16)7-9-14/h6-9,17H,2-5,10-12H2,1H3. The Hall–Kier alpha value is -1.26. The van der Waals surface area contributed by atoms with Gasteiger partial charge in [-0.3, -0.25) is 4.79 Å². The fourth-order valence-electron chi connectivity index (χ4n) is 1.63. The molecule has 0 amide bonds. The lowest BCUT2D eigenvalue weighted by Crippen LogP contribution is -2.19. The van der Waals surface area contributed by atoms with Gasteiger partial charge in [0.05, 0.1) is 13.2 Å². The number of nitrogens with one attached hydrogen (secondary N) is 1. The van der Waals surface area contributed by atoms with Crippen LogP contribution in [0.5, 0.6) is 5.75 Å². The van der Waals surface area contributed by atoms with Crippen molar-refractivity contribution >= 4 is 17.6 Å².